The van der Waals surface area contributed by atoms with Gasteiger partial charge in [0.05, 0.1) is 6.07 Å². The fourth-order valence-corrected chi connectivity index (χ4v) is 1.57. The molecule has 16 heavy (non-hydrogen) atoms. The van der Waals surface area contributed by atoms with E-state index in [4.69, 9.17) is 14.7 Å². The molecule has 1 heterocycles. The molecule has 4 heteroatoms. The minimum Gasteiger partial charge on any atom is -0.486 e. The monoisotopic (exact) mass is 218 g/mol. The van der Waals surface area contributed by atoms with Gasteiger partial charge in [0, 0.05) is 19.5 Å². The Morgan fingerprint density at radius 2 is 2.19 bits per heavy atom. The zero-order chi connectivity index (χ0) is 11.2. The Hall–Kier alpha value is -1.73. The second-order valence-corrected chi connectivity index (χ2v) is 3.61. The van der Waals surface area contributed by atoms with E-state index in [-0.39, 0.29) is 6.10 Å². The van der Waals surface area contributed by atoms with Crippen LogP contribution in [0, 0.1) is 11.3 Å². The maximum Gasteiger partial charge on any atom is 0.161 e. The molecule has 2 rings (SSSR count). The summed E-state index contributed by atoms with van der Waals surface area (Å²) in [5.41, 5.74) is 0. The summed E-state index contributed by atoms with van der Waals surface area (Å²) >= 11 is 0. The van der Waals surface area contributed by atoms with Crippen LogP contribution in [-0.4, -0.2) is 25.8 Å². The normalized spacial score (nSPS) is 17.8. The van der Waals surface area contributed by atoms with E-state index in [2.05, 4.69) is 11.4 Å². The molecular weight excluding hydrogens is 204 g/mol. The lowest BCUT2D eigenvalue weighted by Crippen LogP contribution is -2.38. The zero-order valence-electron chi connectivity index (χ0n) is 8.98. The topological polar surface area (TPSA) is 54.3 Å². The van der Waals surface area contributed by atoms with Crippen LogP contribution in [0.1, 0.15) is 6.42 Å². The van der Waals surface area contributed by atoms with Crippen LogP contribution in [0.3, 0.4) is 0 Å². The van der Waals surface area contributed by atoms with Crippen molar-refractivity contribution in [3.8, 4) is 17.6 Å². The third-order valence-electron chi connectivity index (χ3n) is 2.35. The van der Waals surface area contributed by atoms with Crippen molar-refractivity contribution >= 4 is 0 Å². The van der Waals surface area contributed by atoms with Gasteiger partial charge in [-0.15, -0.1) is 0 Å². The van der Waals surface area contributed by atoms with Crippen molar-refractivity contribution in [2.45, 2.75) is 12.5 Å². The molecule has 0 aromatic heterocycles. The minimum absolute atomic E-state index is 0.0218. The van der Waals surface area contributed by atoms with E-state index in [1.54, 1.807) is 0 Å². The van der Waals surface area contributed by atoms with Gasteiger partial charge in [0.2, 0.25) is 0 Å². The first-order valence-corrected chi connectivity index (χ1v) is 5.36. The van der Waals surface area contributed by atoms with Gasteiger partial charge in [-0.1, -0.05) is 12.1 Å². The molecule has 1 N–H and O–H groups in total. The second kappa shape index (κ2) is 5.38. The van der Waals surface area contributed by atoms with Gasteiger partial charge < -0.3 is 14.8 Å². The van der Waals surface area contributed by atoms with Crippen LogP contribution in [0.15, 0.2) is 24.3 Å². The molecule has 84 valence electrons. The smallest absolute Gasteiger partial charge is 0.161 e. The Morgan fingerprint density at radius 1 is 1.38 bits per heavy atom. The number of ether oxygens (including phenoxy) is 2. The standard InChI is InChI=1S/C12H14N2O2/c13-6-3-7-14-8-10-9-15-11-4-1-2-5-12(11)16-10/h1-2,4-5,10,14H,3,7-9H2/t10-/m0/s1. The lowest BCUT2D eigenvalue weighted by molar-refractivity contribution is 0.0907. The van der Waals surface area contributed by atoms with Crippen molar-refractivity contribution in [3.63, 3.8) is 0 Å². The number of para-hydroxylation sites is 2. The lowest BCUT2D eigenvalue weighted by Gasteiger charge is -2.26. The number of nitriles is 1. The third kappa shape index (κ3) is 2.65. The number of hydrogen-bond acceptors (Lipinski definition) is 4. The molecular formula is C12H14N2O2. The molecule has 1 aliphatic heterocycles. The maximum absolute atomic E-state index is 8.39. The molecule has 0 unspecified atom stereocenters. The van der Waals surface area contributed by atoms with Crippen LogP contribution < -0.4 is 14.8 Å². The average Bonchev–Trinajstić information content (AvgIpc) is 2.34. The SMILES string of the molecule is N#CCCNC[C@H]1COc2ccccc2O1. The molecule has 0 fully saturated rings. The van der Waals surface area contributed by atoms with Crippen molar-refractivity contribution in [2.75, 3.05) is 19.7 Å². The predicted octanol–water partition coefficient (Wildman–Crippen LogP) is 1.33. The first kappa shape index (κ1) is 10.8. The van der Waals surface area contributed by atoms with Gasteiger partial charge in [0.25, 0.3) is 0 Å². The Bertz CT molecular complexity index is 387. The van der Waals surface area contributed by atoms with Crippen LogP contribution >= 0.6 is 0 Å². The van der Waals surface area contributed by atoms with E-state index >= 15 is 0 Å². The van der Waals surface area contributed by atoms with Gasteiger partial charge in [-0.2, -0.15) is 5.26 Å². The molecule has 1 aromatic carbocycles. The molecule has 0 saturated heterocycles. The number of benzene rings is 1. The Balaban J connectivity index is 1.82. The first-order valence-electron chi connectivity index (χ1n) is 5.36. The number of nitrogens with zero attached hydrogens (tertiary/aromatic N) is 1. The van der Waals surface area contributed by atoms with Crippen molar-refractivity contribution in [2.24, 2.45) is 0 Å². The summed E-state index contributed by atoms with van der Waals surface area (Å²) in [5, 5.41) is 11.5. The summed E-state index contributed by atoms with van der Waals surface area (Å²) in [4.78, 5) is 0. The number of rotatable bonds is 4. The van der Waals surface area contributed by atoms with Crippen molar-refractivity contribution < 1.29 is 9.47 Å². The van der Waals surface area contributed by atoms with E-state index in [1.807, 2.05) is 24.3 Å². The van der Waals surface area contributed by atoms with Gasteiger partial charge in [-0.05, 0) is 12.1 Å². The highest BCUT2D eigenvalue weighted by molar-refractivity contribution is 5.40. The zero-order valence-corrected chi connectivity index (χ0v) is 8.98. The molecule has 4 nitrogen and oxygen atoms in total. The lowest BCUT2D eigenvalue weighted by atomic mass is 10.2. The maximum atomic E-state index is 8.39. The van der Waals surface area contributed by atoms with Gasteiger partial charge in [0.1, 0.15) is 12.7 Å². The van der Waals surface area contributed by atoms with E-state index in [1.165, 1.54) is 0 Å². The van der Waals surface area contributed by atoms with Crippen molar-refractivity contribution in [3.05, 3.63) is 24.3 Å². The average molecular weight is 218 g/mol. The van der Waals surface area contributed by atoms with E-state index in [9.17, 15) is 0 Å². The van der Waals surface area contributed by atoms with Crippen LogP contribution in [0.25, 0.3) is 0 Å². The summed E-state index contributed by atoms with van der Waals surface area (Å²) in [6.07, 6.45) is 0.540. The third-order valence-corrected chi connectivity index (χ3v) is 2.35. The van der Waals surface area contributed by atoms with Crippen LogP contribution in [0.2, 0.25) is 0 Å². The molecule has 0 radical (unpaired) electrons. The summed E-state index contributed by atoms with van der Waals surface area (Å²) < 4.78 is 11.3. The molecule has 0 aliphatic carbocycles. The number of fused-ring (bicyclic) bond motifs is 1. The molecule has 0 spiro atoms. The fraction of sp³-hybridized carbons (Fsp3) is 0.417. The van der Waals surface area contributed by atoms with E-state index in [0.717, 1.165) is 11.5 Å². The Morgan fingerprint density at radius 3 is 3.00 bits per heavy atom. The molecule has 0 bridgehead atoms. The molecule has 1 atom stereocenters. The first-order chi connectivity index (χ1) is 7.90. The predicted molar refractivity (Wildman–Crippen MR) is 59.5 cm³/mol. The van der Waals surface area contributed by atoms with Crippen molar-refractivity contribution in [1.82, 2.24) is 5.32 Å². The molecule has 0 saturated carbocycles. The van der Waals surface area contributed by atoms with E-state index in [0.29, 0.717) is 26.1 Å². The summed E-state index contributed by atoms with van der Waals surface area (Å²) in [6.45, 7) is 1.95. The van der Waals surface area contributed by atoms with Crippen LogP contribution in [0.5, 0.6) is 11.5 Å². The van der Waals surface area contributed by atoms with Gasteiger partial charge in [0.15, 0.2) is 11.5 Å². The fourth-order valence-electron chi connectivity index (χ4n) is 1.57. The van der Waals surface area contributed by atoms with Gasteiger partial charge in [-0.3, -0.25) is 0 Å². The number of nitrogens with one attached hydrogen (secondary N) is 1. The second-order valence-electron chi connectivity index (χ2n) is 3.61. The molecule has 1 aromatic rings. The quantitative estimate of drug-likeness (QED) is 0.775. The van der Waals surface area contributed by atoms with Gasteiger partial charge in [-0.25, -0.2) is 0 Å². The highest BCUT2D eigenvalue weighted by Crippen LogP contribution is 2.30. The highest BCUT2D eigenvalue weighted by Gasteiger charge is 2.19. The van der Waals surface area contributed by atoms with Crippen LogP contribution in [-0.2, 0) is 0 Å². The summed E-state index contributed by atoms with van der Waals surface area (Å²) in [5.74, 6) is 1.59. The highest BCUT2D eigenvalue weighted by atomic mass is 16.6. The summed E-state index contributed by atoms with van der Waals surface area (Å²) in [7, 11) is 0. The minimum atomic E-state index is 0.0218. The van der Waals surface area contributed by atoms with Crippen molar-refractivity contribution in [1.29, 1.82) is 5.26 Å². The largest absolute Gasteiger partial charge is 0.486 e. The van der Waals surface area contributed by atoms with Gasteiger partial charge >= 0.3 is 0 Å². The molecule has 0 amide bonds. The Kier molecular flexibility index (Phi) is 3.62. The number of hydrogen-bond donors (Lipinski definition) is 1. The summed E-state index contributed by atoms with van der Waals surface area (Å²) in [6, 6.07) is 9.73. The Labute approximate surface area is 94.8 Å². The molecule has 1 aliphatic rings. The van der Waals surface area contributed by atoms with E-state index < -0.39 is 0 Å². The van der Waals surface area contributed by atoms with Crippen LogP contribution in [0.4, 0.5) is 0 Å².